The van der Waals surface area contributed by atoms with Gasteiger partial charge in [-0.15, -0.1) is 0 Å². The van der Waals surface area contributed by atoms with Gasteiger partial charge in [-0.05, 0) is 51.3 Å². The smallest absolute Gasteiger partial charge is 0.270 e. The van der Waals surface area contributed by atoms with Crippen molar-refractivity contribution in [3.8, 4) is 0 Å². The largest absolute Gasteiger partial charge is 0.337 e. The molecule has 1 aromatic heterocycles. The van der Waals surface area contributed by atoms with Gasteiger partial charge in [-0.1, -0.05) is 6.07 Å². The molecule has 5 nitrogen and oxygen atoms in total. The van der Waals surface area contributed by atoms with Gasteiger partial charge in [-0.25, -0.2) is 0 Å². The molecule has 0 radical (unpaired) electrons. The second kappa shape index (κ2) is 5.54. The first-order valence-corrected chi connectivity index (χ1v) is 8.04. The normalized spacial score (nSPS) is 21.2. The zero-order valence-corrected chi connectivity index (χ0v) is 13.7. The minimum Gasteiger partial charge on any atom is -0.337 e. The summed E-state index contributed by atoms with van der Waals surface area (Å²) in [5.41, 5.74) is 0.809. The number of aromatic nitrogens is 1. The Bertz CT molecular complexity index is 619. The van der Waals surface area contributed by atoms with Crippen molar-refractivity contribution in [3.05, 3.63) is 34.2 Å². The Morgan fingerprint density at radius 2 is 1.86 bits per heavy atom. The van der Waals surface area contributed by atoms with Gasteiger partial charge in [0.05, 0.1) is 0 Å². The first-order chi connectivity index (χ1) is 10.4. The van der Waals surface area contributed by atoms with Crippen molar-refractivity contribution in [1.29, 1.82) is 0 Å². The van der Waals surface area contributed by atoms with E-state index in [0.717, 1.165) is 25.9 Å². The van der Waals surface area contributed by atoms with Crippen LogP contribution in [0, 0.1) is 5.41 Å². The molecule has 2 heterocycles. The number of pyridine rings is 1. The summed E-state index contributed by atoms with van der Waals surface area (Å²) in [5.74, 6) is -0.0152. The third-order valence-corrected chi connectivity index (χ3v) is 5.58. The predicted molar refractivity (Wildman–Crippen MR) is 86.0 cm³/mol. The number of carbonyl (C=O) groups excluding carboxylic acids is 1. The number of carbonyl (C=O) groups is 1. The van der Waals surface area contributed by atoms with Gasteiger partial charge >= 0.3 is 0 Å². The van der Waals surface area contributed by atoms with Gasteiger partial charge in [0.1, 0.15) is 5.69 Å². The van der Waals surface area contributed by atoms with Crippen LogP contribution in [0.4, 0.5) is 0 Å². The zero-order valence-electron chi connectivity index (χ0n) is 13.7. The molecule has 1 saturated heterocycles. The molecule has 0 atom stereocenters. The van der Waals surface area contributed by atoms with E-state index in [-0.39, 0.29) is 11.5 Å². The van der Waals surface area contributed by atoms with Crippen LogP contribution in [0.25, 0.3) is 0 Å². The average Bonchev–Trinajstić information content (AvgIpc) is 2.47. The Labute approximate surface area is 131 Å². The molecule has 0 N–H and O–H groups in total. The van der Waals surface area contributed by atoms with Gasteiger partial charge in [-0.2, -0.15) is 0 Å². The van der Waals surface area contributed by atoms with E-state index in [1.807, 2.05) is 4.90 Å². The van der Waals surface area contributed by atoms with Crippen LogP contribution in [0.2, 0.25) is 0 Å². The van der Waals surface area contributed by atoms with Crippen LogP contribution in [0.1, 0.15) is 36.2 Å². The molecule has 1 saturated carbocycles. The van der Waals surface area contributed by atoms with Crippen LogP contribution in [-0.4, -0.2) is 53.5 Å². The standard InChI is InChI=1S/C17H25N3O2/c1-18(2)13-11-17(12-13)7-9-20(10-8-17)16(22)14-5-4-6-15(21)19(14)3/h4-6,13H,7-12H2,1-3H3. The van der Waals surface area contributed by atoms with Crippen molar-refractivity contribution >= 4 is 5.91 Å². The van der Waals surface area contributed by atoms with E-state index >= 15 is 0 Å². The molecule has 120 valence electrons. The summed E-state index contributed by atoms with van der Waals surface area (Å²) in [4.78, 5) is 28.5. The van der Waals surface area contributed by atoms with Crippen molar-refractivity contribution in [1.82, 2.24) is 14.4 Å². The van der Waals surface area contributed by atoms with Crippen molar-refractivity contribution in [3.63, 3.8) is 0 Å². The monoisotopic (exact) mass is 303 g/mol. The van der Waals surface area contributed by atoms with Gasteiger partial charge in [0, 0.05) is 32.2 Å². The Balaban J connectivity index is 1.64. The highest BCUT2D eigenvalue weighted by Crippen LogP contribution is 2.50. The predicted octanol–water partition coefficient (Wildman–Crippen LogP) is 1.33. The van der Waals surface area contributed by atoms with Crippen LogP contribution >= 0.6 is 0 Å². The lowest BCUT2D eigenvalue weighted by Crippen LogP contribution is -2.54. The summed E-state index contributed by atoms with van der Waals surface area (Å²) in [6.07, 6.45) is 4.69. The third kappa shape index (κ3) is 2.58. The zero-order chi connectivity index (χ0) is 15.9. The van der Waals surface area contributed by atoms with E-state index in [1.54, 1.807) is 19.2 Å². The van der Waals surface area contributed by atoms with Gasteiger partial charge < -0.3 is 14.4 Å². The van der Waals surface area contributed by atoms with Crippen LogP contribution in [0.3, 0.4) is 0 Å². The molecular weight excluding hydrogens is 278 g/mol. The lowest BCUT2D eigenvalue weighted by Gasteiger charge is -2.54. The van der Waals surface area contributed by atoms with Gasteiger partial charge in [0.2, 0.25) is 0 Å². The first-order valence-electron chi connectivity index (χ1n) is 8.04. The van der Waals surface area contributed by atoms with E-state index in [2.05, 4.69) is 19.0 Å². The summed E-state index contributed by atoms with van der Waals surface area (Å²) in [6.45, 7) is 1.62. The van der Waals surface area contributed by atoms with Crippen molar-refractivity contribution in [2.45, 2.75) is 31.7 Å². The third-order valence-electron chi connectivity index (χ3n) is 5.58. The maximum atomic E-state index is 12.6. The number of likely N-dealkylation sites (tertiary alicyclic amines) is 1. The number of hydrogen-bond acceptors (Lipinski definition) is 3. The molecule has 0 bridgehead atoms. The fourth-order valence-corrected chi connectivity index (χ4v) is 3.84. The quantitative estimate of drug-likeness (QED) is 0.828. The summed E-state index contributed by atoms with van der Waals surface area (Å²) in [6, 6.07) is 5.59. The van der Waals surface area contributed by atoms with Crippen LogP contribution in [0.15, 0.2) is 23.0 Å². The lowest BCUT2D eigenvalue weighted by molar-refractivity contribution is -0.0233. The maximum Gasteiger partial charge on any atom is 0.270 e. The van der Waals surface area contributed by atoms with Gasteiger partial charge in [-0.3, -0.25) is 9.59 Å². The SMILES string of the molecule is CN(C)C1CC2(CCN(C(=O)c3cccc(=O)n3C)CC2)C1. The molecule has 1 aliphatic heterocycles. The molecule has 1 spiro atoms. The average molecular weight is 303 g/mol. The molecule has 2 aliphatic rings. The second-order valence-electron chi connectivity index (χ2n) is 7.13. The number of rotatable bonds is 2. The Hall–Kier alpha value is -1.62. The van der Waals surface area contributed by atoms with Crippen molar-refractivity contribution < 1.29 is 4.79 Å². The Morgan fingerprint density at radius 1 is 1.23 bits per heavy atom. The van der Waals surface area contributed by atoms with Crippen LogP contribution < -0.4 is 5.56 Å². The minimum absolute atomic E-state index is 0.0152. The summed E-state index contributed by atoms with van der Waals surface area (Å²) in [7, 11) is 5.95. The van der Waals surface area contributed by atoms with Crippen molar-refractivity contribution in [2.75, 3.05) is 27.2 Å². The fourth-order valence-electron chi connectivity index (χ4n) is 3.84. The summed E-state index contributed by atoms with van der Waals surface area (Å²) >= 11 is 0. The van der Waals surface area contributed by atoms with E-state index in [4.69, 9.17) is 0 Å². The number of piperidine rings is 1. The van der Waals surface area contributed by atoms with Crippen LogP contribution in [0.5, 0.6) is 0 Å². The highest BCUT2D eigenvalue weighted by molar-refractivity contribution is 5.92. The molecule has 1 aromatic rings. The summed E-state index contributed by atoms with van der Waals surface area (Å²) < 4.78 is 1.44. The minimum atomic E-state index is -0.132. The molecule has 22 heavy (non-hydrogen) atoms. The van der Waals surface area contributed by atoms with Crippen LogP contribution in [-0.2, 0) is 7.05 Å². The van der Waals surface area contributed by atoms with E-state index in [0.29, 0.717) is 17.2 Å². The topological polar surface area (TPSA) is 45.6 Å². The molecule has 0 aromatic carbocycles. The Morgan fingerprint density at radius 3 is 2.45 bits per heavy atom. The molecule has 1 amide bonds. The molecule has 3 rings (SSSR count). The molecule has 0 unspecified atom stereocenters. The number of amides is 1. The first kappa shape index (κ1) is 15.3. The summed E-state index contributed by atoms with van der Waals surface area (Å²) in [5, 5.41) is 0. The lowest BCUT2D eigenvalue weighted by atomic mass is 9.60. The fraction of sp³-hybridized carbons (Fsp3) is 0.647. The van der Waals surface area contributed by atoms with Crippen molar-refractivity contribution in [2.24, 2.45) is 12.5 Å². The molecule has 2 fully saturated rings. The van der Waals surface area contributed by atoms with E-state index in [9.17, 15) is 9.59 Å². The molecule has 1 aliphatic carbocycles. The van der Waals surface area contributed by atoms with Gasteiger partial charge in [0.25, 0.3) is 11.5 Å². The number of hydrogen-bond donors (Lipinski definition) is 0. The highest BCUT2D eigenvalue weighted by Gasteiger charge is 2.47. The number of nitrogens with zero attached hydrogens (tertiary/aromatic N) is 3. The second-order valence-corrected chi connectivity index (χ2v) is 7.13. The maximum absolute atomic E-state index is 12.6. The van der Waals surface area contributed by atoms with E-state index in [1.165, 1.54) is 23.5 Å². The molecule has 5 heteroatoms. The van der Waals surface area contributed by atoms with E-state index < -0.39 is 0 Å². The molecular formula is C17H25N3O2. The highest BCUT2D eigenvalue weighted by atomic mass is 16.2. The van der Waals surface area contributed by atoms with Gasteiger partial charge in [0.15, 0.2) is 0 Å². The Kier molecular flexibility index (Phi) is 3.85.